The van der Waals surface area contributed by atoms with E-state index in [0.717, 1.165) is 5.46 Å². The fourth-order valence-electron chi connectivity index (χ4n) is 6.54. The van der Waals surface area contributed by atoms with Gasteiger partial charge in [0.1, 0.15) is 0 Å². The monoisotopic (exact) mass is 486 g/mol. The lowest BCUT2D eigenvalue weighted by Gasteiger charge is -2.46. The Morgan fingerprint density at radius 2 is 1.11 bits per heavy atom. The second kappa shape index (κ2) is 7.93. The molecule has 2 aliphatic carbocycles. The summed E-state index contributed by atoms with van der Waals surface area (Å²) in [6.07, 6.45) is 0. The normalized spacial score (nSPS) is 16.5. The van der Waals surface area contributed by atoms with Crippen molar-refractivity contribution in [1.29, 1.82) is 0 Å². The summed E-state index contributed by atoms with van der Waals surface area (Å²) in [7, 11) is 0.430. The average Bonchev–Trinajstić information content (AvgIpc) is 3.18. The Morgan fingerprint density at radius 1 is 0.622 bits per heavy atom. The van der Waals surface area contributed by atoms with E-state index in [9.17, 15) is 5.11 Å². The van der Waals surface area contributed by atoms with Gasteiger partial charge in [-0.15, -0.1) is 0 Å². The molecule has 0 unspecified atom stereocenters. The van der Waals surface area contributed by atoms with E-state index in [0.29, 0.717) is 7.48 Å². The van der Waals surface area contributed by atoms with E-state index in [1.807, 2.05) is 27.7 Å². The first-order chi connectivity index (χ1) is 17.5. The number of aliphatic hydroxyl groups is 1. The van der Waals surface area contributed by atoms with Gasteiger partial charge < -0.3 is 9.76 Å². The molecule has 2 nitrogen and oxygen atoms in total. The predicted molar refractivity (Wildman–Crippen MR) is 154 cm³/mol. The number of rotatable bonds is 4. The lowest BCUT2D eigenvalue weighted by atomic mass is 9.55. The van der Waals surface area contributed by atoms with E-state index in [1.165, 1.54) is 44.5 Å². The fourth-order valence-corrected chi connectivity index (χ4v) is 6.54. The van der Waals surface area contributed by atoms with Crippen LogP contribution in [0.5, 0.6) is 0 Å². The number of hydrogen-bond acceptors (Lipinski definition) is 2. The lowest BCUT2D eigenvalue weighted by molar-refractivity contribution is -0.0893. The first kappa shape index (κ1) is 24.2. The van der Waals surface area contributed by atoms with Gasteiger partial charge in [-0.3, -0.25) is 0 Å². The molecule has 0 heterocycles. The largest absolute Gasteiger partial charge is 0.427 e. The molecule has 0 atom stereocenters. The highest BCUT2D eigenvalue weighted by molar-refractivity contribution is 6.50. The molecule has 6 rings (SSSR count). The zero-order valence-corrected chi connectivity index (χ0v) is 22.7. The summed E-state index contributed by atoms with van der Waals surface area (Å²) in [5, 5.41) is 10.7. The van der Waals surface area contributed by atoms with Crippen molar-refractivity contribution >= 4 is 12.9 Å². The Kier molecular flexibility index (Phi) is 5.19. The van der Waals surface area contributed by atoms with Crippen molar-refractivity contribution in [2.24, 2.45) is 0 Å². The molecule has 37 heavy (non-hydrogen) atoms. The number of hydrogen-bond donors (Lipinski definition) is 1. The Morgan fingerprint density at radius 3 is 1.68 bits per heavy atom. The number of fused-ring (bicyclic) bond motifs is 9. The molecule has 0 bridgehead atoms. The van der Waals surface area contributed by atoms with Gasteiger partial charge in [-0.05, 0) is 77.7 Å². The van der Waals surface area contributed by atoms with Crippen LogP contribution in [0.25, 0.3) is 11.1 Å². The Bertz CT molecular complexity index is 1470. The minimum absolute atomic E-state index is 0.104. The Labute approximate surface area is 221 Å². The van der Waals surface area contributed by atoms with Crippen LogP contribution < -0.4 is 5.46 Å². The highest BCUT2D eigenvalue weighted by atomic mass is 16.5. The molecule has 1 N–H and O–H groups in total. The summed E-state index contributed by atoms with van der Waals surface area (Å²) in [5.74, 6) is 0. The number of benzene rings is 4. The fraction of sp³-hybridized carbons (Fsp3) is 0.294. The quantitative estimate of drug-likeness (QED) is 0.305. The molecule has 4 aromatic rings. The van der Waals surface area contributed by atoms with E-state index < -0.39 is 16.6 Å². The zero-order chi connectivity index (χ0) is 26.2. The van der Waals surface area contributed by atoms with Gasteiger partial charge in [0.15, 0.2) is 0 Å². The zero-order valence-electron chi connectivity index (χ0n) is 22.7. The predicted octanol–water partition coefficient (Wildman–Crippen LogP) is 6.23. The summed E-state index contributed by atoms with van der Waals surface area (Å²) in [6.45, 7) is 12.2. The second-order valence-electron chi connectivity index (χ2n) is 12.2. The maximum absolute atomic E-state index is 10.7. The summed E-state index contributed by atoms with van der Waals surface area (Å²) in [4.78, 5) is 0. The van der Waals surface area contributed by atoms with Gasteiger partial charge in [0.25, 0.3) is 0 Å². The van der Waals surface area contributed by atoms with Gasteiger partial charge in [-0.25, -0.2) is 0 Å². The van der Waals surface area contributed by atoms with Crippen molar-refractivity contribution in [3.8, 4) is 11.1 Å². The molecule has 0 saturated heterocycles. The molecule has 0 fully saturated rings. The van der Waals surface area contributed by atoms with Crippen molar-refractivity contribution < 1.29 is 9.76 Å². The Hall–Kier alpha value is -3.14. The third-order valence-electron chi connectivity index (χ3n) is 9.23. The maximum atomic E-state index is 10.7. The van der Waals surface area contributed by atoms with Crippen molar-refractivity contribution in [3.63, 3.8) is 0 Å². The van der Waals surface area contributed by atoms with E-state index >= 15 is 0 Å². The topological polar surface area (TPSA) is 29.5 Å². The molecule has 2 aliphatic rings. The minimum atomic E-state index is -0.961. The molecule has 0 saturated carbocycles. The Balaban J connectivity index is 1.66. The van der Waals surface area contributed by atoms with Crippen LogP contribution in [-0.4, -0.2) is 23.8 Å². The van der Waals surface area contributed by atoms with E-state index in [1.54, 1.807) is 0 Å². The molecule has 3 heteroatoms. The molecular weight excluding hydrogens is 451 g/mol. The van der Waals surface area contributed by atoms with Crippen LogP contribution in [-0.2, 0) is 15.5 Å². The SMILES string of the molecule is CC1(C)c2ccccc2C2(c3ccccc3-c3c(BOC(C)(C)C(C)(C)O)cccc32)c2ccccc21. The molecule has 0 radical (unpaired) electrons. The van der Waals surface area contributed by atoms with Crippen molar-refractivity contribution in [2.45, 2.75) is 63.6 Å². The van der Waals surface area contributed by atoms with Crippen molar-refractivity contribution in [1.82, 2.24) is 0 Å². The first-order valence-corrected chi connectivity index (χ1v) is 13.3. The van der Waals surface area contributed by atoms with Crippen LogP contribution in [0.3, 0.4) is 0 Å². The summed E-state index contributed by atoms with van der Waals surface area (Å²) >= 11 is 0. The molecule has 0 aromatic heterocycles. The van der Waals surface area contributed by atoms with Gasteiger partial charge in [0.05, 0.1) is 16.6 Å². The highest BCUT2D eigenvalue weighted by Crippen LogP contribution is 2.61. The van der Waals surface area contributed by atoms with E-state index in [-0.39, 0.29) is 5.41 Å². The van der Waals surface area contributed by atoms with Gasteiger partial charge in [-0.1, -0.05) is 105 Å². The minimum Gasteiger partial charge on any atom is -0.427 e. The third-order valence-corrected chi connectivity index (χ3v) is 9.23. The van der Waals surface area contributed by atoms with Crippen LogP contribution in [0.4, 0.5) is 0 Å². The van der Waals surface area contributed by atoms with Crippen molar-refractivity contribution in [2.75, 3.05) is 0 Å². The summed E-state index contributed by atoms with van der Waals surface area (Å²) in [5.41, 5.74) is 9.64. The smallest absolute Gasteiger partial charge is 0.310 e. The van der Waals surface area contributed by atoms with Crippen molar-refractivity contribution in [3.05, 3.63) is 124 Å². The van der Waals surface area contributed by atoms with E-state index in [2.05, 4.69) is 105 Å². The molecular formula is C34H35BO2. The first-order valence-electron chi connectivity index (χ1n) is 13.3. The summed E-state index contributed by atoms with van der Waals surface area (Å²) in [6, 6.07) is 33.6. The van der Waals surface area contributed by atoms with Gasteiger partial charge in [0, 0.05) is 5.41 Å². The van der Waals surface area contributed by atoms with Crippen LogP contribution in [0.1, 0.15) is 74.9 Å². The maximum Gasteiger partial charge on any atom is 0.310 e. The molecule has 0 aliphatic heterocycles. The average molecular weight is 486 g/mol. The third kappa shape index (κ3) is 3.20. The summed E-state index contributed by atoms with van der Waals surface area (Å²) < 4.78 is 6.42. The van der Waals surface area contributed by atoms with Crippen LogP contribution >= 0.6 is 0 Å². The molecule has 4 aromatic carbocycles. The second-order valence-corrected chi connectivity index (χ2v) is 12.2. The van der Waals surface area contributed by atoms with Crippen LogP contribution in [0.15, 0.2) is 91.0 Å². The van der Waals surface area contributed by atoms with Gasteiger partial charge in [0.2, 0.25) is 0 Å². The van der Waals surface area contributed by atoms with E-state index in [4.69, 9.17) is 4.65 Å². The standard InChI is InChI=1S/C34H35BO2/c1-31(2)24-16-9-11-18-26(24)34(27-19-12-10-17-25(27)31)23-15-8-7-14-22(23)30-28(34)20-13-21-29(30)35-37-33(5,6)32(3,4)36/h7-21,35-36H,1-6H3. The molecule has 1 spiro atoms. The van der Waals surface area contributed by atoms with Crippen LogP contribution in [0.2, 0.25) is 0 Å². The van der Waals surface area contributed by atoms with Crippen LogP contribution in [0, 0.1) is 0 Å². The van der Waals surface area contributed by atoms with Gasteiger partial charge in [-0.2, -0.15) is 0 Å². The molecule has 0 amide bonds. The van der Waals surface area contributed by atoms with Gasteiger partial charge >= 0.3 is 7.48 Å². The molecule has 186 valence electrons. The lowest BCUT2D eigenvalue weighted by Crippen LogP contribution is -2.49. The highest BCUT2D eigenvalue weighted by Gasteiger charge is 2.53.